The summed E-state index contributed by atoms with van der Waals surface area (Å²) >= 11 is 1.70. The number of carbonyl (C=O) groups is 1. The lowest BCUT2D eigenvalue weighted by Crippen LogP contribution is -2.44. The molecule has 0 aromatic heterocycles. The van der Waals surface area contributed by atoms with Crippen molar-refractivity contribution >= 4 is 22.7 Å². The van der Waals surface area contributed by atoms with Crippen LogP contribution in [0.15, 0.2) is 4.99 Å². The minimum atomic E-state index is -0.0886. The Kier molecular flexibility index (Phi) is 4.64. The summed E-state index contributed by atoms with van der Waals surface area (Å²) in [6.07, 6.45) is 0. The molecule has 1 aliphatic rings. The Hall–Kier alpha value is -0.510. The molecule has 0 saturated carbocycles. The Morgan fingerprint density at radius 3 is 2.47 bits per heavy atom. The van der Waals surface area contributed by atoms with E-state index in [0.717, 1.165) is 17.5 Å². The molecule has 1 rings (SSSR count). The molecule has 1 atom stereocenters. The topological polar surface area (TPSA) is 41.5 Å². The highest BCUT2D eigenvalue weighted by molar-refractivity contribution is 8.14. The number of hydrogen-bond donors (Lipinski definition) is 1. The third-order valence-electron chi connectivity index (χ3n) is 2.41. The van der Waals surface area contributed by atoms with Crippen molar-refractivity contribution in [2.24, 2.45) is 16.8 Å². The highest BCUT2D eigenvalue weighted by Gasteiger charge is 2.25. The number of Topliss-reactive ketones (excluding diaryl/α,β-unsaturated/α-hetero) is 1. The maximum Gasteiger partial charge on any atom is 0.157 e. The minimum absolute atomic E-state index is 0.0805. The summed E-state index contributed by atoms with van der Waals surface area (Å²) in [5, 5.41) is 4.19. The molecule has 1 N–H and O–H groups in total. The number of nitrogens with zero attached hydrogens (tertiary/aromatic N) is 1. The van der Waals surface area contributed by atoms with E-state index >= 15 is 0 Å². The molecule has 0 saturated heterocycles. The van der Waals surface area contributed by atoms with Gasteiger partial charge in [0.15, 0.2) is 11.0 Å². The number of thioether (sulfide) groups is 1. The number of aliphatic imine (C=N–C) groups is 1. The van der Waals surface area contributed by atoms with E-state index in [0.29, 0.717) is 5.92 Å². The summed E-state index contributed by atoms with van der Waals surface area (Å²) in [5.74, 6) is 1.70. The van der Waals surface area contributed by atoms with E-state index in [2.05, 4.69) is 24.2 Å². The molecule has 4 heteroatoms. The molecular formula is C11H20N2OS. The van der Waals surface area contributed by atoms with E-state index in [-0.39, 0.29) is 17.7 Å². The van der Waals surface area contributed by atoms with Gasteiger partial charge in [-0.3, -0.25) is 9.79 Å². The molecule has 1 aliphatic heterocycles. The van der Waals surface area contributed by atoms with Gasteiger partial charge in [0.05, 0.1) is 12.6 Å². The molecule has 0 unspecified atom stereocenters. The Balaban J connectivity index is 2.61. The molecule has 3 nitrogen and oxygen atoms in total. The summed E-state index contributed by atoms with van der Waals surface area (Å²) in [6, 6.07) is -0.0886. The quantitative estimate of drug-likeness (QED) is 0.799. The highest BCUT2D eigenvalue weighted by atomic mass is 32.2. The fourth-order valence-electron chi connectivity index (χ4n) is 1.48. The third kappa shape index (κ3) is 3.52. The molecule has 1 heterocycles. The molecule has 0 aromatic carbocycles. The lowest BCUT2D eigenvalue weighted by Gasteiger charge is -2.23. The number of carbonyl (C=O) groups excluding carboxylic acids is 1. The first-order valence-corrected chi connectivity index (χ1v) is 6.48. The van der Waals surface area contributed by atoms with Gasteiger partial charge >= 0.3 is 0 Å². The molecule has 0 aliphatic carbocycles. The van der Waals surface area contributed by atoms with Crippen molar-refractivity contribution in [3.63, 3.8) is 0 Å². The van der Waals surface area contributed by atoms with E-state index in [4.69, 9.17) is 0 Å². The zero-order valence-corrected chi connectivity index (χ0v) is 10.7. The molecule has 0 bridgehead atoms. The van der Waals surface area contributed by atoms with Crippen LogP contribution in [0.3, 0.4) is 0 Å². The lowest BCUT2D eigenvalue weighted by molar-refractivity contribution is -0.124. The normalized spacial score (nSPS) is 18.1. The second-order valence-corrected chi connectivity index (χ2v) is 5.54. The van der Waals surface area contributed by atoms with Crippen LogP contribution in [0.2, 0.25) is 0 Å². The Labute approximate surface area is 96.1 Å². The van der Waals surface area contributed by atoms with E-state index in [1.54, 1.807) is 11.8 Å². The Bertz CT molecular complexity index is 261. The maximum absolute atomic E-state index is 11.9. The van der Waals surface area contributed by atoms with E-state index in [9.17, 15) is 4.79 Å². The van der Waals surface area contributed by atoms with Crippen molar-refractivity contribution in [3.05, 3.63) is 0 Å². The van der Waals surface area contributed by atoms with Crippen LogP contribution in [0.5, 0.6) is 0 Å². The van der Waals surface area contributed by atoms with Crippen molar-refractivity contribution in [1.82, 2.24) is 5.32 Å². The van der Waals surface area contributed by atoms with E-state index in [1.165, 1.54) is 0 Å². The predicted molar refractivity (Wildman–Crippen MR) is 66.4 cm³/mol. The minimum Gasteiger partial charge on any atom is -0.355 e. The number of rotatable bonds is 4. The smallest absolute Gasteiger partial charge is 0.157 e. The standard InChI is InChI=1S/C11H20N2OS/c1-7(2)9(10(14)8(3)4)13-11-12-5-6-15-11/h7-9H,5-6H2,1-4H3,(H,12,13)/t9-/m0/s1. The molecule has 0 fully saturated rings. The van der Waals surface area contributed by atoms with Crippen LogP contribution in [-0.2, 0) is 4.79 Å². The third-order valence-corrected chi connectivity index (χ3v) is 3.31. The van der Waals surface area contributed by atoms with Crippen LogP contribution < -0.4 is 5.32 Å². The van der Waals surface area contributed by atoms with Crippen LogP contribution in [0.25, 0.3) is 0 Å². The summed E-state index contributed by atoms with van der Waals surface area (Å²) in [4.78, 5) is 16.3. The molecule has 0 amide bonds. The van der Waals surface area contributed by atoms with E-state index in [1.807, 2.05) is 13.8 Å². The molecular weight excluding hydrogens is 208 g/mol. The summed E-state index contributed by atoms with van der Waals surface area (Å²) in [7, 11) is 0. The SMILES string of the molecule is CC(C)C(=O)[C@@H](NC1=NCCS1)C(C)C. The zero-order chi connectivity index (χ0) is 11.4. The van der Waals surface area contributed by atoms with Gasteiger partial charge in [0.1, 0.15) is 0 Å². The predicted octanol–water partition coefficient (Wildman–Crippen LogP) is 1.93. The Morgan fingerprint density at radius 2 is 2.07 bits per heavy atom. The highest BCUT2D eigenvalue weighted by Crippen LogP contribution is 2.14. The molecule has 0 radical (unpaired) electrons. The number of nitrogens with one attached hydrogen (secondary N) is 1. The second kappa shape index (κ2) is 5.54. The zero-order valence-electron chi connectivity index (χ0n) is 9.91. The molecule has 86 valence electrons. The van der Waals surface area contributed by atoms with Gasteiger partial charge in [-0.25, -0.2) is 0 Å². The fraction of sp³-hybridized carbons (Fsp3) is 0.818. The van der Waals surface area contributed by atoms with Crippen LogP contribution in [0.4, 0.5) is 0 Å². The Morgan fingerprint density at radius 1 is 1.40 bits per heavy atom. The fourth-order valence-corrected chi connectivity index (χ4v) is 2.25. The first kappa shape index (κ1) is 12.6. The monoisotopic (exact) mass is 228 g/mol. The van der Waals surface area contributed by atoms with Crippen molar-refractivity contribution < 1.29 is 4.79 Å². The number of ketones is 1. The molecule has 0 spiro atoms. The average molecular weight is 228 g/mol. The van der Waals surface area contributed by atoms with Crippen molar-refractivity contribution in [1.29, 1.82) is 0 Å². The first-order valence-electron chi connectivity index (χ1n) is 5.50. The summed E-state index contributed by atoms with van der Waals surface area (Å²) in [5.41, 5.74) is 0. The van der Waals surface area contributed by atoms with Gasteiger partial charge in [-0.2, -0.15) is 0 Å². The van der Waals surface area contributed by atoms with Crippen molar-refractivity contribution in [2.75, 3.05) is 12.3 Å². The van der Waals surface area contributed by atoms with Gasteiger partial charge in [-0.15, -0.1) is 0 Å². The van der Waals surface area contributed by atoms with Crippen LogP contribution >= 0.6 is 11.8 Å². The largest absolute Gasteiger partial charge is 0.355 e. The van der Waals surface area contributed by atoms with Crippen molar-refractivity contribution in [3.8, 4) is 0 Å². The summed E-state index contributed by atoms with van der Waals surface area (Å²) in [6.45, 7) is 8.90. The van der Waals surface area contributed by atoms with Gasteiger partial charge in [-0.1, -0.05) is 39.5 Å². The van der Waals surface area contributed by atoms with Gasteiger partial charge < -0.3 is 5.32 Å². The lowest BCUT2D eigenvalue weighted by atomic mass is 9.93. The van der Waals surface area contributed by atoms with Gasteiger partial charge in [-0.05, 0) is 5.92 Å². The van der Waals surface area contributed by atoms with Gasteiger partial charge in [0, 0.05) is 11.7 Å². The second-order valence-electron chi connectivity index (χ2n) is 4.46. The van der Waals surface area contributed by atoms with Crippen LogP contribution in [0.1, 0.15) is 27.7 Å². The average Bonchev–Trinajstić information content (AvgIpc) is 2.64. The number of hydrogen-bond acceptors (Lipinski definition) is 4. The van der Waals surface area contributed by atoms with Gasteiger partial charge in [0.2, 0.25) is 0 Å². The van der Waals surface area contributed by atoms with Gasteiger partial charge in [0.25, 0.3) is 0 Å². The van der Waals surface area contributed by atoms with Crippen molar-refractivity contribution in [2.45, 2.75) is 33.7 Å². The molecule has 15 heavy (non-hydrogen) atoms. The van der Waals surface area contributed by atoms with Crippen LogP contribution in [-0.4, -0.2) is 29.3 Å². The van der Waals surface area contributed by atoms with Crippen LogP contribution in [0, 0.1) is 11.8 Å². The summed E-state index contributed by atoms with van der Waals surface area (Å²) < 4.78 is 0. The molecule has 0 aromatic rings. The van der Waals surface area contributed by atoms with E-state index < -0.39 is 0 Å². The number of amidine groups is 1. The first-order chi connectivity index (χ1) is 7.02. The maximum atomic E-state index is 11.9.